The molecule has 5 heterocycles. The molecule has 0 amide bonds. The Kier molecular flexibility index (Phi) is 11.3. The Balaban J connectivity index is 0.00000198. The van der Waals surface area contributed by atoms with Crippen LogP contribution in [0.1, 0.15) is 138 Å². The maximum absolute atomic E-state index is 5.33. The summed E-state index contributed by atoms with van der Waals surface area (Å²) in [6.45, 7) is 18.1. The molecule has 5 rings (SSSR count). The van der Waals surface area contributed by atoms with Crippen molar-refractivity contribution in [2.24, 2.45) is 0 Å². The van der Waals surface area contributed by atoms with E-state index >= 15 is 0 Å². The maximum atomic E-state index is 5.33. The molecule has 0 fully saturated rings. The van der Waals surface area contributed by atoms with E-state index in [9.17, 15) is 0 Å². The van der Waals surface area contributed by atoms with Crippen molar-refractivity contribution >= 4 is 42.9 Å². The van der Waals surface area contributed by atoms with Crippen molar-refractivity contribution in [3.63, 3.8) is 0 Å². The van der Waals surface area contributed by atoms with Crippen LogP contribution in [-0.2, 0) is 43.0 Å². The Labute approximate surface area is 266 Å². The molecule has 0 aromatic carbocycles. The number of halogens is 1. The predicted molar refractivity (Wildman–Crippen MR) is 176 cm³/mol. The molecule has 0 N–H and O–H groups in total. The number of aromatic nitrogens is 4. The van der Waals surface area contributed by atoms with E-state index in [-0.39, 0.29) is 0 Å². The van der Waals surface area contributed by atoms with E-state index in [1.165, 1.54) is 44.8 Å². The predicted octanol–water partition coefficient (Wildman–Crippen LogP) is 9.93. The van der Waals surface area contributed by atoms with E-state index in [0.29, 0.717) is 11.8 Å². The topological polar surface area (TPSA) is 54.0 Å². The van der Waals surface area contributed by atoms with Gasteiger partial charge in [0, 0.05) is 23.2 Å². The van der Waals surface area contributed by atoms with Gasteiger partial charge in [0.1, 0.15) is 0 Å². The van der Waals surface area contributed by atoms with Gasteiger partial charge in [-0.1, -0.05) is 102 Å². The van der Waals surface area contributed by atoms with Crippen LogP contribution in [-0.4, -0.2) is 9.97 Å². The fourth-order valence-electron chi connectivity index (χ4n) is 7.34. The van der Waals surface area contributed by atoms with Gasteiger partial charge in [0.25, 0.3) is 0 Å². The van der Waals surface area contributed by atoms with Crippen molar-refractivity contribution in [2.45, 2.75) is 119 Å². The molecule has 0 radical (unpaired) electrons. The van der Waals surface area contributed by atoms with Crippen molar-refractivity contribution in [3.8, 4) is 0 Å². The minimum absolute atomic E-state index is 0.403. The second kappa shape index (κ2) is 14.5. The molecule has 3 aromatic heterocycles. The summed E-state index contributed by atoms with van der Waals surface area (Å²) in [4.78, 5) is 21.1. The molecule has 2 atom stereocenters. The number of allylic oxidation sites excluding steroid dienone is 2. The Hall–Kier alpha value is -2.23. The molecule has 6 heteroatoms. The summed E-state index contributed by atoms with van der Waals surface area (Å²) in [6, 6.07) is 9.12. The van der Waals surface area contributed by atoms with Gasteiger partial charge in [-0.05, 0) is 62.5 Å². The first-order chi connectivity index (χ1) is 20.5. The fraction of sp³-hybridized carbons (Fsp3) is 0.500. The van der Waals surface area contributed by atoms with Crippen LogP contribution in [0.5, 0.6) is 0 Å². The molecular formula is C36H46ClN4Rh. The molecule has 4 nitrogen and oxygen atoms in total. The van der Waals surface area contributed by atoms with Gasteiger partial charge in [0.05, 0.1) is 11.4 Å². The average Bonchev–Trinajstić information content (AvgIpc) is 3.73. The van der Waals surface area contributed by atoms with E-state index in [1.54, 1.807) is 0 Å². The second-order valence-electron chi connectivity index (χ2n) is 11.2. The summed E-state index contributed by atoms with van der Waals surface area (Å²) in [5.41, 5.74) is 16.9. The molecule has 0 spiro atoms. The average molecular weight is 673 g/mol. The van der Waals surface area contributed by atoms with Crippen LogP contribution in [0, 0.1) is 0 Å². The number of fused-ring (bicyclic) bond motifs is 8. The molecule has 0 saturated heterocycles. The zero-order valence-corrected chi connectivity index (χ0v) is 29.0. The summed E-state index contributed by atoms with van der Waals surface area (Å²) >= 11 is 2.02. The van der Waals surface area contributed by atoms with Crippen molar-refractivity contribution in [2.75, 3.05) is 0 Å². The van der Waals surface area contributed by atoms with Gasteiger partial charge in [-0.25, -0.2) is 4.98 Å². The van der Waals surface area contributed by atoms with Crippen LogP contribution in [0.25, 0.3) is 33.2 Å². The van der Waals surface area contributed by atoms with Gasteiger partial charge in [0.2, 0.25) is 0 Å². The van der Waals surface area contributed by atoms with Gasteiger partial charge in [-0.15, -0.1) is 22.1 Å². The van der Waals surface area contributed by atoms with Gasteiger partial charge < -0.3 is 9.97 Å². The first-order valence-electron chi connectivity index (χ1n) is 16.0. The number of nitrogens with zero attached hydrogens (tertiary/aromatic N) is 4. The van der Waals surface area contributed by atoms with E-state index in [0.717, 1.165) is 84.8 Å². The van der Waals surface area contributed by atoms with Crippen molar-refractivity contribution in [1.29, 1.82) is 0 Å². The zero-order valence-electron chi connectivity index (χ0n) is 26.6. The third kappa shape index (κ3) is 5.81. The quantitative estimate of drug-likeness (QED) is 0.224. The number of rotatable bonds is 8. The number of hydrogen-bond acceptors (Lipinski definition) is 2. The van der Waals surface area contributed by atoms with E-state index in [4.69, 9.17) is 19.9 Å². The SMILES string of the molecule is CCC1=C(CC)c2cc3[n-]c(cc4nc(cc5[n-]c(cc1n2)c(CC)c5CC)C(CC)C4CC)c(CC)c3CC.[Cl][Rh+2]. The van der Waals surface area contributed by atoms with E-state index in [2.05, 4.69) is 89.3 Å². The van der Waals surface area contributed by atoms with Gasteiger partial charge >= 0.3 is 27.0 Å². The van der Waals surface area contributed by atoms with Gasteiger partial charge in [-0.3, -0.25) is 4.98 Å². The van der Waals surface area contributed by atoms with Crippen LogP contribution in [0.15, 0.2) is 24.3 Å². The van der Waals surface area contributed by atoms with Crippen molar-refractivity contribution < 1.29 is 17.3 Å². The van der Waals surface area contributed by atoms with E-state index < -0.39 is 0 Å². The third-order valence-corrected chi connectivity index (χ3v) is 9.29. The molecule has 2 unspecified atom stereocenters. The summed E-state index contributed by atoms with van der Waals surface area (Å²) in [5.74, 6) is 0.806. The summed E-state index contributed by atoms with van der Waals surface area (Å²) in [7, 11) is 4.53. The molecule has 226 valence electrons. The number of hydrogen-bond donors (Lipinski definition) is 0. The summed E-state index contributed by atoms with van der Waals surface area (Å²) in [6.07, 6.45) is 7.91. The summed E-state index contributed by atoms with van der Waals surface area (Å²) in [5, 5.41) is 0. The Morgan fingerprint density at radius 2 is 0.857 bits per heavy atom. The Bertz CT molecular complexity index is 1500. The molecule has 2 aliphatic heterocycles. The Morgan fingerprint density at radius 3 is 1.14 bits per heavy atom. The monoisotopic (exact) mass is 672 g/mol. The second-order valence-corrected chi connectivity index (χ2v) is 11.2. The van der Waals surface area contributed by atoms with Crippen molar-refractivity contribution in [1.82, 2.24) is 19.9 Å². The Morgan fingerprint density at radius 1 is 0.524 bits per heavy atom. The first-order valence-corrected chi connectivity index (χ1v) is 18.1. The normalized spacial score (nSPS) is 16.5. The minimum atomic E-state index is 0.403. The van der Waals surface area contributed by atoms with Gasteiger partial charge in [-0.2, -0.15) is 0 Å². The third-order valence-electron chi connectivity index (χ3n) is 9.29. The van der Waals surface area contributed by atoms with Crippen LogP contribution in [0.4, 0.5) is 0 Å². The molecule has 0 aliphatic carbocycles. The fourth-order valence-corrected chi connectivity index (χ4v) is 7.34. The molecule has 42 heavy (non-hydrogen) atoms. The molecule has 2 aliphatic rings. The van der Waals surface area contributed by atoms with Crippen LogP contribution >= 0.6 is 9.69 Å². The molecule has 8 bridgehead atoms. The van der Waals surface area contributed by atoms with Crippen LogP contribution in [0.2, 0.25) is 0 Å². The zero-order chi connectivity index (χ0) is 30.6. The number of aryl methyl sites for hydroxylation is 4. The molecular weight excluding hydrogens is 627 g/mol. The van der Waals surface area contributed by atoms with Crippen molar-refractivity contribution in [3.05, 3.63) is 69.3 Å². The van der Waals surface area contributed by atoms with Gasteiger partial charge in [0.15, 0.2) is 0 Å². The van der Waals surface area contributed by atoms with E-state index in [1.807, 2.05) is 17.3 Å². The molecule has 0 saturated carbocycles. The standard InChI is InChI=1S/C36H46N4.ClH.Rh/c1-9-21-22(10-2)30-18-32-25(13-5)26(14-6)34(39-32)20-36-28(16-8)27(15-7)35(40-36)19-33-24(12-4)23(11-3)31(38-33)17-29(21)37-30;;/h17-22H,9-16H2,1-8H3;1H;/q-2;;+3/p-1. The molecule has 3 aromatic rings. The summed E-state index contributed by atoms with van der Waals surface area (Å²) < 4.78 is 0. The first kappa shape index (κ1) is 32.7. The van der Waals surface area contributed by atoms with Crippen LogP contribution in [0.3, 0.4) is 0 Å². The van der Waals surface area contributed by atoms with Crippen LogP contribution < -0.4 is 9.97 Å².